The van der Waals surface area contributed by atoms with Crippen molar-refractivity contribution in [1.29, 1.82) is 0 Å². The number of aromatic nitrogens is 3. The summed E-state index contributed by atoms with van der Waals surface area (Å²) in [7, 11) is 0. The number of aryl methyl sites for hydroxylation is 1. The maximum Gasteiger partial charge on any atom is 0.229 e. The largest absolute Gasteiger partial charge is 0.486 e. The molecule has 2 atom stereocenters. The van der Waals surface area contributed by atoms with E-state index in [1.54, 1.807) is 12.4 Å². The van der Waals surface area contributed by atoms with Crippen molar-refractivity contribution < 1.29 is 9.53 Å². The highest BCUT2D eigenvalue weighted by atomic mass is 35.5. The van der Waals surface area contributed by atoms with Gasteiger partial charge in [-0.3, -0.25) is 4.79 Å². The monoisotopic (exact) mass is 458 g/mol. The van der Waals surface area contributed by atoms with Crippen LogP contribution in [0.4, 0.5) is 0 Å². The van der Waals surface area contributed by atoms with Crippen molar-refractivity contribution in [3.05, 3.63) is 77.0 Å². The number of rotatable bonds is 4. The van der Waals surface area contributed by atoms with Gasteiger partial charge in [-0.2, -0.15) is 0 Å². The number of hydrogen-bond acceptors (Lipinski definition) is 4. The van der Waals surface area contributed by atoms with Crippen LogP contribution in [0, 0.1) is 0 Å². The lowest BCUT2D eigenvalue weighted by atomic mass is 9.86. The lowest BCUT2D eigenvalue weighted by Gasteiger charge is -2.23. The third kappa shape index (κ3) is 3.64. The first kappa shape index (κ1) is 20.2. The lowest BCUT2D eigenvalue weighted by Crippen LogP contribution is -2.38. The van der Waals surface area contributed by atoms with Crippen molar-refractivity contribution in [2.45, 2.75) is 37.7 Å². The van der Waals surface area contributed by atoms with Gasteiger partial charge in [0.1, 0.15) is 18.2 Å². The fourth-order valence-corrected chi connectivity index (χ4v) is 5.41. The highest BCUT2D eigenvalue weighted by molar-refractivity contribution is 6.32. The zero-order valence-electron chi connectivity index (χ0n) is 18.0. The maximum atomic E-state index is 13.1. The number of aromatic amines is 1. The molecule has 0 fully saturated rings. The summed E-state index contributed by atoms with van der Waals surface area (Å²) in [5.74, 6) is 0.598. The molecule has 0 saturated carbocycles. The standard InChI is InChI=1S/C26H23ClN4O2/c27-22-10-15(17-11-28-14-29-12-17)8-16-9-18(33-25(16)22)13-30-26(32)21-6-3-5-20-19-4-1-2-7-23(19)31-24(20)21/h1-2,4,7-8,10-12,14,18,21,31H,3,5-6,9,13H2,(H,30,32)/t18-,21+/m1/s1. The Hall–Kier alpha value is -3.38. The van der Waals surface area contributed by atoms with Gasteiger partial charge in [0, 0.05) is 46.5 Å². The van der Waals surface area contributed by atoms with Crippen LogP contribution in [0.3, 0.4) is 0 Å². The molecule has 7 heteroatoms. The summed E-state index contributed by atoms with van der Waals surface area (Å²) in [5.41, 5.74) is 6.35. The van der Waals surface area contributed by atoms with E-state index in [1.807, 2.05) is 12.1 Å². The number of benzene rings is 2. The summed E-state index contributed by atoms with van der Waals surface area (Å²) >= 11 is 6.51. The molecule has 166 valence electrons. The second-order valence-corrected chi connectivity index (χ2v) is 9.18. The molecule has 3 heterocycles. The molecule has 0 bridgehead atoms. The number of carbonyl (C=O) groups is 1. The first-order chi connectivity index (χ1) is 16.2. The highest BCUT2D eigenvalue weighted by Crippen LogP contribution is 2.40. The van der Waals surface area contributed by atoms with E-state index < -0.39 is 0 Å². The van der Waals surface area contributed by atoms with Crippen LogP contribution in [0.5, 0.6) is 5.75 Å². The minimum absolute atomic E-state index is 0.0512. The second kappa shape index (κ2) is 8.19. The van der Waals surface area contributed by atoms with Crippen molar-refractivity contribution in [2.75, 3.05) is 6.54 Å². The summed E-state index contributed by atoms with van der Waals surface area (Å²) in [5, 5.41) is 4.93. The number of amides is 1. The van der Waals surface area contributed by atoms with Crippen molar-refractivity contribution in [1.82, 2.24) is 20.3 Å². The molecule has 0 radical (unpaired) electrons. The molecule has 2 N–H and O–H groups in total. The van der Waals surface area contributed by atoms with E-state index in [0.717, 1.165) is 47.2 Å². The predicted molar refractivity (Wildman–Crippen MR) is 128 cm³/mol. The normalized spacial score (nSPS) is 19.1. The van der Waals surface area contributed by atoms with E-state index in [-0.39, 0.29) is 17.9 Å². The Balaban J connectivity index is 1.16. The number of nitrogens with zero attached hydrogens (tertiary/aromatic N) is 2. The molecule has 33 heavy (non-hydrogen) atoms. The van der Waals surface area contributed by atoms with E-state index in [2.05, 4.69) is 44.5 Å². The Kier molecular flexibility index (Phi) is 5.03. The van der Waals surface area contributed by atoms with Crippen molar-refractivity contribution >= 4 is 28.4 Å². The van der Waals surface area contributed by atoms with Crippen LogP contribution in [-0.4, -0.2) is 33.5 Å². The Morgan fingerprint density at radius 1 is 1.18 bits per heavy atom. The summed E-state index contributed by atoms with van der Waals surface area (Å²) < 4.78 is 6.10. The van der Waals surface area contributed by atoms with E-state index in [0.29, 0.717) is 23.7 Å². The predicted octanol–water partition coefficient (Wildman–Crippen LogP) is 4.82. The van der Waals surface area contributed by atoms with Crippen LogP contribution in [0.25, 0.3) is 22.0 Å². The molecule has 6 rings (SSSR count). The first-order valence-electron chi connectivity index (χ1n) is 11.3. The molecule has 4 aromatic rings. The third-order valence-electron chi connectivity index (χ3n) is 6.68. The van der Waals surface area contributed by atoms with E-state index >= 15 is 0 Å². The number of hydrogen-bond donors (Lipinski definition) is 2. The first-order valence-corrected chi connectivity index (χ1v) is 11.7. The third-order valence-corrected chi connectivity index (χ3v) is 6.96. The molecule has 2 aromatic carbocycles. The van der Waals surface area contributed by atoms with Crippen molar-refractivity contribution in [3.63, 3.8) is 0 Å². The Labute approximate surface area is 196 Å². The minimum atomic E-state index is -0.154. The van der Waals surface area contributed by atoms with Crippen molar-refractivity contribution in [2.24, 2.45) is 0 Å². The van der Waals surface area contributed by atoms with Crippen LogP contribution in [-0.2, 0) is 17.6 Å². The van der Waals surface area contributed by atoms with Gasteiger partial charge in [0.25, 0.3) is 0 Å². The van der Waals surface area contributed by atoms with Crippen LogP contribution in [0.2, 0.25) is 5.02 Å². The smallest absolute Gasteiger partial charge is 0.229 e. The number of carbonyl (C=O) groups excluding carboxylic acids is 1. The van der Waals surface area contributed by atoms with Crippen molar-refractivity contribution in [3.8, 4) is 16.9 Å². The average Bonchev–Trinajstić information content (AvgIpc) is 3.44. The highest BCUT2D eigenvalue weighted by Gasteiger charge is 2.31. The summed E-state index contributed by atoms with van der Waals surface area (Å²) in [6.07, 6.45) is 8.46. The van der Waals surface area contributed by atoms with Gasteiger partial charge in [-0.1, -0.05) is 29.8 Å². The summed E-state index contributed by atoms with van der Waals surface area (Å²) in [4.78, 5) is 24.8. The molecule has 0 saturated heterocycles. The van der Waals surface area contributed by atoms with E-state index in [1.165, 1.54) is 17.3 Å². The fraction of sp³-hybridized carbons (Fsp3) is 0.269. The maximum absolute atomic E-state index is 13.1. The van der Waals surface area contributed by atoms with Crippen LogP contribution >= 0.6 is 11.6 Å². The molecule has 0 spiro atoms. The Morgan fingerprint density at radius 3 is 2.91 bits per heavy atom. The molecule has 1 aliphatic heterocycles. The fourth-order valence-electron chi connectivity index (χ4n) is 5.13. The zero-order valence-corrected chi connectivity index (χ0v) is 18.7. The SMILES string of the molecule is O=C(NC[C@H]1Cc2cc(-c3cncnc3)cc(Cl)c2O1)[C@H]1CCCc2c1[nH]c1ccccc21. The molecule has 6 nitrogen and oxygen atoms in total. The molecule has 2 aromatic heterocycles. The number of nitrogens with one attached hydrogen (secondary N) is 2. The van der Waals surface area contributed by atoms with Gasteiger partial charge >= 0.3 is 0 Å². The average molecular weight is 459 g/mol. The van der Waals surface area contributed by atoms with Gasteiger partial charge < -0.3 is 15.0 Å². The zero-order chi connectivity index (χ0) is 22.4. The number of para-hydroxylation sites is 1. The van der Waals surface area contributed by atoms with Gasteiger partial charge in [-0.15, -0.1) is 0 Å². The topological polar surface area (TPSA) is 79.9 Å². The van der Waals surface area contributed by atoms with Crippen LogP contribution in [0.15, 0.2) is 55.1 Å². The molecular weight excluding hydrogens is 436 g/mol. The van der Waals surface area contributed by atoms with Crippen LogP contribution in [0.1, 0.15) is 35.6 Å². The van der Waals surface area contributed by atoms with E-state index in [9.17, 15) is 4.79 Å². The van der Waals surface area contributed by atoms with Gasteiger partial charge in [0.05, 0.1) is 17.5 Å². The molecule has 1 amide bonds. The number of halogens is 1. The van der Waals surface area contributed by atoms with Gasteiger partial charge in [-0.05, 0) is 48.6 Å². The van der Waals surface area contributed by atoms with E-state index in [4.69, 9.17) is 16.3 Å². The number of fused-ring (bicyclic) bond motifs is 4. The Morgan fingerprint density at radius 2 is 2.03 bits per heavy atom. The summed E-state index contributed by atoms with van der Waals surface area (Å²) in [6.45, 7) is 0.444. The lowest BCUT2D eigenvalue weighted by molar-refractivity contribution is -0.123. The van der Waals surface area contributed by atoms with Gasteiger partial charge in [0.15, 0.2) is 0 Å². The van der Waals surface area contributed by atoms with Gasteiger partial charge in [0.2, 0.25) is 5.91 Å². The van der Waals surface area contributed by atoms with Gasteiger partial charge in [-0.25, -0.2) is 9.97 Å². The summed E-state index contributed by atoms with van der Waals surface area (Å²) in [6, 6.07) is 12.2. The Bertz CT molecular complexity index is 1350. The minimum Gasteiger partial charge on any atom is -0.486 e. The van der Waals surface area contributed by atoms with Crippen LogP contribution < -0.4 is 10.1 Å². The molecule has 0 unspecified atom stereocenters. The number of ether oxygens (including phenoxy) is 1. The molecule has 1 aliphatic carbocycles. The quantitative estimate of drug-likeness (QED) is 0.459. The second-order valence-electron chi connectivity index (χ2n) is 8.77. The number of H-pyrrole nitrogens is 1. The molecule has 2 aliphatic rings. The molecular formula is C26H23ClN4O2.